The van der Waals surface area contributed by atoms with Crippen molar-refractivity contribution in [2.45, 2.75) is 50.6 Å². The van der Waals surface area contributed by atoms with Crippen molar-refractivity contribution in [1.29, 1.82) is 0 Å². The Balaban J connectivity index is 2.36. The molecule has 2 radical (unpaired) electrons. The van der Waals surface area contributed by atoms with Gasteiger partial charge in [-0.05, 0) is 38.9 Å². The minimum absolute atomic E-state index is 0.0195. The third kappa shape index (κ3) is 3.17. The summed E-state index contributed by atoms with van der Waals surface area (Å²) in [4.78, 5) is 0. The molecule has 2 rings (SSSR count). The normalized spacial score (nSPS) is 42.8. The number of fused-ring (bicyclic) bond motifs is 1. The molecule has 134 valence electrons. The summed E-state index contributed by atoms with van der Waals surface area (Å²) in [6.07, 6.45) is 14.8. The molecule has 3 unspecified atom stereocenters. The lowest BCUT2D eigenvalue weighted by atomic mass is 9.72. The Morgan fingerprint density at radius 1 is 1.25 bits per heavy atom. The first-order valence-corrected chi connectivity index (χ1v) is 14.8. The van der Waals surface area contributed by atoms with E-state index in [2.05, 4.69) is 32.7 Å². The van der Waals surface area contributed by atoms with Gasteiger partial charge in [0.05, 0.1) is 53.1 Å². The zero-order chi connectivity index (χ0) is 18.5. The zero-order valence-corrected chi connectivity index (χ0v) is 17.9. The standard InChI is InChI=1S/C17H32BO3P3/c1-7-22(4)10-24(6,11-23(5)8-2)15(20)17-9-12(17)13(18)16(3,21)14(17)19/h12-15,19-21H,4-11H2,1-3H3/q+2/t12-,13-,14+,15+,16+,17?/m1/s1. The van der Waals surface area contributed by atoms with Crippen molar-refractivity contribution in [3.8, 4) is 0 Å². The van der Waals surface area contributed by atoms with E-state index in [0.29, 0.717) is 6.42 Å². The van der Waals surface area contributed by atoms with Crippen LogP contribution < -0.4 is 0 Å². The number of hydrogen-bond acceptors (Lipinski definition) is 3. The Morgan fingerprint density at radius 2 is 1.71 bits per heavy atom. The van der Waals surface area contributed by atoms with Crippen molar-refractivity contribution in [2.75, 3.05) is 24.1 Å². The van der Waals surface area contributed by atoms with Crippen LogP contribution in [0.4, 0.5) is 0 Å². The van der Waals surface area contributed by atoms with Crippen LogP contribution >= 0.6 is 22.0 Å². The summed E-state index contributed by atoms with van der Waals surface area (Å²) in [5, 5.41) is 32.7. The molecule has 8 atom stereocenters. The molecular weight excluding hydrogens is 356 g/mol. The number of aliphatic hydroxyl groups is 3. The van der Waals surface area contributed by atoms with E-state index in [9.17, 15) is 15.3 Å². The number of hydrogen-bond donors (Lipinski definition) is 3. The van der Waals surface area contributed by atoms with E-state index in [1.165, 1.54) is 0 Å². The van der Waals surface area contributed by atoms with Crippen LogP contribution in [0, 0.1) is 11.3 Å². The van der Waals surface area contributed by atoms with Crippen LogP contribution in [0.5, 0.6) is 0 Å². The molecule has 2 saturated carbocycles. The third-order valence-corrected chi connectivity index (χ3v) is 17.1. The topological polar surface area (TPSA) is 60.7 Å². The SMILES string of the molecule is [B][C@@H]1[C@H]2CC2([C@@H](O)P(=C)(C[P+](=C)CC)C[P+](=C)CC)[C@@H](O)[C@@]1(C)O. The Kier molecular flexibility index (Phi) is 6.06. The van der Waals surface area contributed by atoms with Crippen molar-refractivity contribution >= 4 is 48.7 Å². The van der Waals surface area contributed by atoms with Gasteiger partial charge in [0.15, 0.2) is 0 Å². The van der Waals surface area contributed by atoms with E-state index in [0.717, 1.165) is 24.1 Å². The second-order valence-electron chi connectivity index (χ2n) is 7.93. The molecule has 0 aliphatic heterocycles. The summed E-state index contributed by atoms with van der Waals surface area (Å²) in [5.74, 6) is 0.547. The molecular formula is C17H32BO3P3+2. The van der Waals surface area contributed by atoms with Gasteiger partial charge < -0.3 is 15.3 Å². The lowest BCUT2D eigenvalue weighted by Crippen LogP contribution is -2.46. The fraction of sp³-hybridized carbons (Fsp3) is 0.824. The van der Waals surface area contributed by atoms with Crippen molar-refractivity contribution in [3.05, 3.63) is 0 Å². The van der Waals surface area contributed by atoms with Gasteiger partial charge in [-0.25, -0.2) is 0 Å². The molecule has 0 heterocycles. The second-order valence-corrected chi connectivity index (χ2v) is 17.1. The fourth-order valence-electron chi connectivity index (χ4n) is 4.38. The molecule has 0 amide bonds. The van der Waals surface area contributed by atoms with Crippen LogP contribution in [0.3, 0.4) is 0 Å². The van der Waals surface area contributed by atoms with Gasteiger partial charge in [-0.1, -0.05) is 6.30 Å². The van der Waals surface area contributed by atoms with Crippen LogP contribution in [0.25, 0.3) is 0 Å². The molecule has 7 heteroatoms. The van der Waals surface area contributed by atoms with E-state index in [4.69, 9.17) is 7.85 Å². The summed E-state index contributed by atoms with van der Waals surface area (Å²) in [6.45, 7) is 3.86. The highest BCUT2D eigenvalue weighted by atomic mass is 31.2. The molecule has 0 spiro atoms. The second kappa shape index (κ2) is 6.96. The number of rotatable bonds is 8. The molecule has 0 aromatic rings. The molecule has 2 aliphatic rings. The first kappa shape index (κ1) is 20.9. The van der Waals surface area contributed by atoms with Crippen molar-refractivity contribution < 1.29 is 15.3 Å². The Bertz CT molecular complexity index is 570. The lowest BCUT2D eigenvalue weighted by Gasteiger charge is -2.37. The summed E-state index contributed by atoms with van der Waals surface area (Å²) in [5.41, 5.74) is -2.01. The maximum Gasteiger partial charge on any atom is 0.129 e. The van der Waals surface area contributed by atoms with Gasteiger partial charge >= 0.3 is 0 Å². The maximum absolute atomic E-state index is 11.4. The Morgan fingerprint density at radius 3 is 2.04 bits per heavy atom. The highest BCUT2D eigenvalue weighted by Crippen LogP contribution is 2.78. The summed E-state index contributed by atoms with van der Waals surface area (Å²) >= 11 is 0. The lowest BCUT2D eigenvalue weighted by molar-refractivity contribution is -0.0865. The van der Waals surface area contributed by atoms with Crippen molar-refractivity contribution in [3.63, 3.8) is 0 Å². The predicted octanol–water partition coefficient (Wildman–Crippen LogP) is 2.63. The maximum atomic E-state index is 11.4. The molecule has 0 aromatic heterocycles. The highest BCUT2D eigenvalue weighted by molar-refractivity contribution is 7.89. The fourth-order valence-corrected chi connectivity index (χ4v) is 16.2. The average Bonchev–Trinajstić information content (AvgIpc) is 3.24. The summed E-state index contributed by atoms with van der Waals surface area (Å²) < 4.78 is 0. The first-order chi connectivity index (χ1) is 11.0. The average molecular weight is 388 g/mol. The molecule has 3 N–H and O–H groups in total. The summed E-state index contributed by atoms with van der Waals surface area (Å²) in [7, 11) is 5.33. The Hall–Kier alpha value is 0.585. The molecule has 24 heavy (non-hydrogen) atoms. The van der Waals surface area contributed by atoms with Gasteiger partial charge in [0.2, 0.25) is 0 Å². The van der Waals surface area contributed by atoms with Gasteiger partial charge in [0, 0.05) is 12.3 Å². The molecule has 3 nitrogen and oxygen atoms in total. The van der Waals surface area contributed by atoms with E-state index < -0.39 is 50.8 Å². The summed E-state index contributed by atoms with van der Waals surface area (Å²) in [6, 6.07) is 0. The van der Waals surface area contributed by atoms with Gasteiger partial charge in [-0.3, -0.25) is 0 Å². The van der Waals surface area contributed by atoms with E-state index >= 15 is 0 Å². The molecule has 0 saturated heterocycles. The quantitative estimate of drug-likeness (QED) is 0.443. The largest absolute Gasteiger partial charge is 0.389 e. The predicted molar refractivity (Wildman–Crippen MR) is 116 cm³/mol. The van der Waals surface area contributed by atoms with E-state index in [1.807, 2.05) is 0 Å². The number of aliphatic hydroxyl groups excluding tert-OH is 2. The van der Waals surface area contributed by atoms with Crippen LogP contribution in [0.1, 0.15) is 27.2 Å². The third-order valence-electron chi connectivity index (χ3n) is 6.13. The van der Waals surface area contributed by atoms with Crippen LogP contribution in [-0.2, 0) is 0 Å². The smallest absolute Gasteiger partial charge is 0.129 e. The zero-order valence-electron chi connectivity index (χ0n) is 15.2. The highest BCUT2D eigenvalue weighted by Gasteiger charge is 2.77. The molecule has 0 aromatic carbocycles. The van der Waals surface area contributed by atoms with Crippen LogP contribution in [-0.4, -0.2) is 83.7 Å². The van der Waals surface area contributed by atoms with Crippen LogP contribution in [0.2, 0.25) is 5.82 Å². The van der Waals surface area contributed by atoms with E-state index in [-0.39, 0.29) is 5.92 Å². The monoisotopic (exact) mass is 388 g/mol. The molecule has 0 bridgehead atoms. The van der Waals surface area contributed by atoms with Gasteiger partial charge in [0.25, 0.3) is 0 Å². The van der Waals surface area contributed by atoms with Crippen LogP contribution in [0.15, 0.2) is 0 Å². The minimum Gasteiger partial charge on any atom is -0.389 e. The van der Waals surface area contributed by atoms with Crippen molar-refractivity contribution in [2.24, 2.45) is 11.3 Å². The van der Waals surface area contributed by atoms with Gasteiger partial charge in [0.1, 0.15) is 24.1 Å². The first-order valence-electron chi connectivity index (χ1n) is 8.63. The minimum atomic E-state index is -1.99. The van der Waals surface area contributed by atoms with Crippen molar-refractivity contribution in [1.82, 2.24) is 0 Å². The molecule has 2 fully saturated rings. The van der Waals surface area contributed by atoms with E-state index in [1.54, 1.807) is 6.92 Å². The van der Waals surface area contributed by atoms with Gasteiger partial charge in [-0.15, -0.1) is 0 Å². The van der Waals surface area contributed by atoms with Gasteiger partial charge in [-0.2, -0.15) is 0 Å². The Labute approximate surface area is 150 Å². The molecule has 2 aliphatic carbocycles.